The second-order valence-corrected chi connectivity index (χ2v) is 7.11. The van der Waals surface area contributed by atoms with Crippen LogP contribution >= 0.6 is 0 Å². The number of rotatable bonds is 4. The fourth-order valence-corrected chi connectivity index (χ4v) is 3.88. The van der Waals surface area contributed by atoms with E-state index in [2.05, 4.69) is 50.8 Å². The summed E-state index contributed by atoms with van der Waals surface area (Å²) in [7, 11) is 0. The van der Waals surface area contributed by atoms with E-state index in [0.29, 0.717) is 11.8 Å². The van der Waals surface area contributed by atoms with Crippen LogP contribution in [0.5, 0.6) is 0 Å². The van der Waals surface area contributed by atoms with Crippen LogP contribution < -0.4 is 0 Å². The molecule has 3 heteroatoms. The molecule has 3 atom stereocenters. The third-order valence-electron chi connectivity index (χ3n) is 4.90. The lowest BCUT2D eigenvalue weighted by Gasteiger charge is -2.53. The molecule has 2 aliphatic rings. The quantitative estimate of drug-likeness (QED) is 0.736. The summed E-state index contributed by atoms with van der Waals surface area (Å²) in [6.07, 6.45) is 9.83. The fourth-order valence-electron chi connectivity index (χ4n) is 3.88. The van der Waals surface area contributed by atoms with Gasteiger partial charge < -0.3 is 9.64 Å². The van der Waals surface area contributed by atoms with E-state index in [1.807, 2.05) is 0 Å². The van der Waals surface area contributed by atoms with Crippen molar-refractivity contribution in [3.05, 3.63) is 23.9 Å². The van der Waals surface area contributed by atoms with Gasteiger partial charge in [0, 0.05) is 24.1 Å². The topological polar surface area (TPSA) is 29.5 Å². The highest BCUT2D eigenvalue weighted by Gasteiger charge is 2.42. The molecule has 118 valence electrons. The Morgan fingerprint density at radius 1 is 1.52 bits per heavy atom. The Bertz CT molecular complexity index is 450. The second kappa shape index (κ2) is 6.25. The molecular formula is C18H29NO2. The molecule has 21 heavy (non-hydrogen) atoms. The Kier molecular flexibility index (Phi) is 4.80. The van der Waals surface area contributed by atoms with Crippen molar-refractivity contribution >= 4 is 5.97 Å². The van der Waals surface area contributed by atoms with E-state index in [4.69, 9.17) is 4.74 Å². The van der Waals surface area contributed by atoms with Crippen LogP contribution in [0.1, 0.15) is 53.9 Å². The number of nitrogens with zero attached hydrogens (tertiary/aromatic N) is 1. The zero-order chi connectivity index (χ0) is 15.6. The summed E-state index contributed by atoms with van der Waals surface area (Å²) in [6, 6.07) is 0. The monoisotopic (exact) mass is 291 g/mol. The van der Waals surface area contributed by atoms with Crippen molar-refractivity contribution in [2.24, 2.45) is 11.8 Å². The summed E-state index contributed by atoms with van der Waals surface area (Å²) >= 11 is 0. The Morgan fingerprint density at radius 3 is 2.86 bits per heavy atom. The first-order valence-corrected chi connectivity index (χ1v) is 8.16. The second-order valence-electron chi connectivity index (χ2n) is 7.11. The van der Waals surface area contributed by atoms with Gasteiger partial charge in [0.25, 0.3) is 0 Å². The van der Waals surface area contributed by atoms with Gasteiger partial charge in [-0.2, -0.15) is 0 Å². The average molecular weight is 291 g/mol. The number of esters is 1. The van der Waals surface area contributed by atoms with Crippen LogP contribution in [-0.2, 0) is 9.53 Å². The van der Waals surface area contributed by atoms with Crippen LogP contribution in [-0.4, -0.2) is 29.1 Å². The predicted molar refractivity (Wildman–Crippen MR) is 85.7 cm³/mol. The standard InChI is InChI=1S/C18H29NO2/c1-6-15(21-14(3)20)12-19-17-10-8-7-9-16(17)13(2)11-18(19,4)5/h7-8,10,13,15-16H,6,9,11-12H2,1-5H3. The molecule has 1 aliphatic carbocycles. The molecule has 0 saturated carbocycles. The number of likely N-dealkylation sites (tertiary alicyclic amines) is 1. The molecule has 0 spiro atoms. The van der Waals surface area contributed by atoms with Crippen molar-refractivity contribution in [2.45, 2.75) is 65.5 Å². The molecule has 1 saturated heterocycles. The lowest BCUT2D eigenvalue weighted by molar-refractivity contribution is -0.148. The summed E-state index contributed by atoms with van der Waals surface area (Å²) in [6.45, 7) is 11.3. The Morgan fingerprint density at radius 2 is 2.24 bits per heavy atom. The van der Waals surface area contributed by atoms with E-state index in [0.717, 1.165) is 19.4 Å². The lowest BCUT2D eigenvalue weighted by atomic mass is 9.72. The maximum Gasteiger partial charge on any atom is 0.302 e. The molecule has 0 amide bonds. The van der Waals surface area contributed by atoms with Crippen LogP contribution in [0.4, 0.5) is 0 Å². The van der Waals surface area contributed by atoms with Gasteiger partial charge in [0.05, 0.1) is 6.54 Å². The number of hydrogen-bond donors (Lipinski definition) is 0. The highest BCUT2D eigenvalue weighted by molar-refractivity contribution is 5.66. The normalized spacial score (nSPS) is 28.6. The minimum Gasteiger partial charge on any atom is -0.461 e. The molecule has 3 unspecified atom stereocenters. The number of ether oxygens (including phenoxy) is 1. The van der Waals surface area contributed by atoms with Gasteiger partial charge in [-0.3, -0.25) is 4.79 Å². The predicted octanol–water partition coefficient (Wildman–Crippen LogP) is 3.91. The largest absolute Gasteiger partial charge is 0.461 e. The summed E-state index contributed by atoms with van der Waals surface area (Å²) in [5.74, 6) is 1.12. The van der Waals surface area contributed by atoms with Crippen LogP contribution in [0.25, 0.3) is 0 Å². The number of piperidine rings is 1. The molecular weight excluding hydrogens is 262 g/mol. The zero-order valence-electron chi connectivity index (χ0n) is 14.1. The summed E-state index contributed by atoms with van der Waals surface area (Å²) in [4.78, 5) is 13.8. The van der Waals surface area contributed by atoms with E-state index in [1.54, 1.807) is 0 Å². The number of carbonyl (C=O) groups is 1. The molecule has 0 aromatic carbocycles. The molecule has 0 bridgehead atoms. The first-order chi connectivity index (χ1) is 9.85. The maximum absolute atomic E-state index is 11.3. The molecule has 0 N–H and O–H groups in total. The van der Waals surface area contributed by atoms with Gasteiger partial charge in [-0.1, -0.05) is 26.0 Å². The van der Waals surface area contributed by atoms with E-state index in [1.165, 1.54) is 19.0 Å². The Labute approximate surface area is 129 Å². The van der Waals surface area contributed by atoms with Gasteiger partial charge in [-0.05, 0) is 45.1 Å². The molecule has 1 fully saturated rings. The minimum atomic E-state index is -0.181. The molecule has 1 heterocycles. The van der Waals surface area contributed by atoms with E-state index < -0.39 is 0 Å². The highest BCUT2D eigenvalue weighted by Crippen LogP contribution is 2.44. The molecule has 0 aromatic rings. The van der Waals surface area contributed by atoms with E-state index in [9.17, 15) is 4.79 Å². The zero-order valence-corrected chi connectivity index (χ0v) is 14.1. The average Bonchev–Trinajstić information content (AvgIpc) is 2.41. The van der Waals surface area contributed by atoms with Crippen LogP contribution in [0, 0.1) is 11.8 Å². The van der Waals surface area contributed by atoms with Gasteiger partial charge in [0.1, 0.15) is 6.10 Å². The summed E-state index contributed by atoms with van der Waals surface area (Å²) < 4.78 is 5.48. The van der Waals surface area contributed by atoms with Crippen molar-refractivity contribution in [1.82, 2.24) is 4.90 Å². The van der Waals surface area contributed by atoms with Crippen molar-refractivity contribution in [2.75, 3.05) is 6.54 Å². The van der Waals surface area contributed by atoms with Gasteiger partial charge in [0.15, 0.2) is 0 Å². The number of fused-ring (bicyclic) bond motifs is 1. The van der Waals surface area contributed by atoms with Gasteiger partial charge in [0.2, 0.25) is 0 Å². The molecule has 2 rings (SSSR count). The van der Waals surface area contributed by atoms with Gasteiger partial charge in [-0.15, -0.1) is 0 Å². The first kappa shape index (κ1) is 16.1. The van der Waals surface area contributed by atoms with E-state index in [-0.39, 0.29) is 17.6 Å². The Hall–Kier alpha value is -1.25. The third-order valence-corrected chi connectivity index (χ3v) is 4.90. The maximum atomic E-state index is 11.3. The lowest BCUT2D eigenvalue weighted by Crippen LogP contribution is -2.54. The van der Waals surface area contributed by atoms with Crippen molar-refractivity contribution in [3.8, 4) is 0 Å². The van der Waals surface area contributed by atoms with Crippen LogP contribution in [0.2, 0.25) is 0 Å². The van der Waals surface area contributed by atoms with Crippen LogP contribution in [0.3, 0.4) is 0 Å². The third kappa shape index (κ3) is 3.50. The van der Waals surface area contributed by atoms with Crippen molar-refractivity contribution < 1.29 is 9.53 Å². The number of carbonyl (C=O) groups excluding carboxylic acids is 1. The first-order valence-electron chi connectivity index (χ1n) is 8.16. The van der Waals surface area contributed by atoms with Crippen LogP contribution in [0.15, 0.2) is 23.9 Å². The van der Waals surface area contributed by atoms with Gasteiger partial charge in [-0.25, -0.2) is 0 Å². The Balaban J connectivity index is 2.23. The van der Waals surface area contributed by atoms with Crippen molar-refractivity contribution in [3.63, 3.8) is 0 Å². The molecule has 1 aliphatic heterocycles. The summed E-state index contributed by atoms with van der Waals surface area (Å²) in [5.41, 5.74) is 1.53. The summed E-state index contributed by atoms with van der Waals surface area (Å²) in [5, 5.41) is 0. The van der Waals surface area contributed by atoms with Gasteiger partial charge >= 0.3 is 5.97 Å². The minimum absolute atomic E-state index is 0.0253. The fraction of sp³-hybridized carbons (Fsp3) is 0.722. The molecule has 0 aromatic heterocycles. The highest BCUT2D eigenvalue weighted by atomic mass is 16.5. The number of allylic oxidation sites excluding steroid dienone is 4. The molecule has 0 radical (unpaired) electrons. The van der Waals surface area contributed by atoms with E-state index >= 15 is 0 Å². The van der Waals surface area contributed by atoms with Crippen molar-refractivity contribution in [1.29, 1.82) is 0 Å². The smallest absolute Gasteiger partial charge is 0.302 e. The molecule has 3 nitrogen and oxygen atoms in total. The number of hydrogen-bond acceptors (Lipinski definition) is 3. The SMILES string of the molecule is CCC(CN1C2=CC=CCC2C(C)CC1(C)C)OC(C)=O.